The van der Waals surface area contributed by atoms with Crippen LogP contribution < -0.4 is 20.1 Å². The number of amides is 2. The monoisotopic (exact) mass is 446 g/mol. The van der Waals surface area contributed by atoms with E-state index in [4.69, 9.17) is 9.47 Å². The van der Waals surface area contributed by atoms with E-state index in [9.17, 15) is 14.4 Å². The quantitative estimate of drug-likeness (QED) is 0.400. The summed E-state index contributed by atoms with van der Waals surface area (Å²) in [5.74, 6) is 0.0117. The first-order chi connectivity index (χ1) is 15.8. The molecule has 0 saturated carbocycles. The maximum Gasteiger partial charge on any atom is 0.308 e. The highest BCUT2D eigenvalue weighted by molar-refractivity contribution is 5.94. The summed E-state index contributed by atoms with van der Waals surface area (Å²) in [6.07, 6.45) is 0. The smallest absolute Gasteiger partial charge is 0.308 e. The van der Waals surface area contributed by atoms with Crippen LogP contribution in [0.2, 0.25) is 0 Å². The minimum atomic E-state index is -0.448. The number of esters is 1. The molecule has 7 nitrogen and oxygen atoms in total. The topological polar surface area (TPSA) is 93.7 Å². The molecule has 0 fully saturated rings. The van der Waals surface area contributed by atoms with Gasteiger partial charge in [-0.15, -0.1) is 0 Å². The Balaban J connectivity index is 1.49. The van der Waals surface area contributed by atoms with Gasteiger partial charge < -0.3 is 20.1 Å². The molecule has 0 aliphatic heterocycles. The largest absolute Gasteiger partial charge is 0.483 e. The van der Waals surface area contributed by atoms with Crippen molar-refractivity contribution >= 4 is 23.5 Å². The van der Waals surface area contributed by atoms with Crippen molar-refractivity contribution in [3.8, 4) is 11.5 Å². The molecule has 0 aliphatic rings. The van der Waals surface area contributed by atoms with Gasteiger partial charge in [0.05, 0.1) is 0 Å². The Morgan fingerprint density at radius 1 is 0.909 bits per heavy atom. The van der Waals surface area contributed by atoms with Gasteiger partial charge in [-0.05, 0) is 66.9 Å². The van der Waals surface area contributed by atoms with Gasteiger partial charge in [-0.25, -0.2) is 0 Å². The fraction of sp³-hybridized carbons (Fsp3) is 0.192. The molecule has 2 amide bonds. The lowest BCUT2D eigenvalue weighted by molar-refractivity contribution is -0.131. The van der Waals surface area contributed by atoms with E-state index in [1.54, 1.807) is 30.3 Å². The van der Waals surface area contributed by atoms with Gasteiger partial charge in [0.2, 0.25) is 0 Å². The van der Waals surface area contributed by atoms with Crippen LogP contribution in [0, 0.1) is 13.8 Å². The Kier molecular flexibility index (Phi) is 7.81. The molecule has 3 aromatic carbocycles. The Hall–Kier alpha value is -4.13. The third-order valence-corrected chi connectivity index (χ3v) is 4.96. The lowest BCUT2D eigenvalue weighted by Gasteiger charge is -2.11. The van der Waals surface area contributed by atoms with Crippen molar-refractivity contribution in [2.75, 3.05) is 11.9 Å². The summed E-state index contributed by atoms with van der Waals surface area (Å²) in [6.45, 7) is 5.47. The summed E-state index contributed by atoms with van der Waals surface area (Å²) < 4.78 is 10.6. The second-order valence-corrected chi connectivity index (χ2v) is 7.54. The molecule has 0 unspecified atom stereocenters. The first kappa shape index (κ1) is 23.5. The molecule has 0 spiro atoms. The third-order valence-electron chi connectivity index (χ3n) is 4.96. The Morgan fingerprint density at radius 3 is 2.36 bits per heavy atom. The molecular formula is C26H26N2O5. The van der Waals surface area contributed by atoms with Crippen LogP contribution in [0.5, 0.6) is 11.5 Å². The fourth-order valence-electron chi connectivity index (χ4n) is 3.08. The standard InChI is InChI=1S/C26H26N2O5/c1-17-6-4-9-24(18(17)2)32-16-25(30)28-22-12-10-20(11-13-22)15-27-26(31)21-7-5-8-23(14-21)33-19(3)29/h4-14H,15-16H2,1-3H3,(H,27,31)(H,28,30). The lowest BCUT2D eigenvalue weighted by Crippen LogP contribution is -2.23. The van der Waals surface area contributed by atoms with E-state index in [-0.39, 0.29) is 18.4 Å². The number of ether oxygens (including phenoxy) is 2. The van der Waals surface area contributed by atoms with Crippen LogP contribution in [0.25, 0.3) is 0 Å². The Bertz CT molecular complexity index is 1160. The number of nitrogens with one attached hydrogen (secondary N) is 2. The number of rotatable bonds is 8. The minimum Gasteiger partial charge on any atom is -0.483 e. The van der Waals surface area contributed by atoms with Crippen LogP contribution in [-0.4, -0.2) is 24.4 Å². The van der Waals surface area contributed by atoms with Crippen molar-refractivity contribution in [3.63, 3.8) is 0 Å². The number of aryl methyl sites for hydroxylation is 1. The second-order valence-electron chi connectivity index (χ2n) is 7.54. The molecule has 0 heterocycles. The highest BCUT2D eigenvalue weighted by Gasteiger charge is 2.09. The predicted octanol–water partition coefficient (Wildman–Crippen LogP) is 4.18. The summed E-state index contributed by atoms with van der Waals surface area (Å²) in [6, 6.07) is 19.3. The Labute approximate surface area is 192 Å². The van der Waals surface area contributed by atoms with Gasteiger partial charge in [-0.2, -0.15) is 0 Å². The van der Waals surface area contributed by atoms with Gasteiger partial charge in [-0.3, -0.25) is 14.4 Å². The van der Waals surface area contributed by atoms with Crippen molar-refractivity contribution in [1.29, 1.82) is 0 Å². The molecule has 0 aromatic heterocycles. The van der Waals surface area contributed by atoms with E-state index in [2.05, 4.69) is 10.6 Å². The van der Waals surface area contributed by atoms with Crippen LogP contribution >= 0.6 is 0 Å². The van der Waals surface area contributed by atoms with Gasteiger partial charge in [0.1, 0.15) is 11.5 Å². The number of carbonyl (C=O) groups is 3. The summed E-state index contributed by atoms with van der Waals surface area (Å²) in [4.78, 5) is 35.7. The van der Waals surface area contributed by atoms with Gasteiger partial charge in [-0.1, -0.05) is 30.3 Å². The van der Waals surface area contributed by atoms with Crippen molar-refractivity contribution < 1.29 is 23.9 Å². The van der Waals surface area contributed by atoms with Crippen molar-refractivity contribution in [3.05, 3.63) is 89.0 Å². The second kappa shape index (κ2) is 10.9. The summed E-state index contributed by atoms with van der Waals surface area (Å²) in [7, 11) is 0. The molecule has 3 aromatic rings. The predicted molar refractivity (Wildman–Crippen MR) is 125 cm³/mol. The fourth-order valence-corrected chi connectivity index (χ4v) is 3.08. The number of anilines is 1. The van der Waals surface area contributed by atoms with E-state index < -0.39 is 5.97 Å². The van der Waals surface area contributed by atoms with E-state index in [1.165, 1.54) is 13.0 Å². The van der Waals surface area contributed by atoms with Crippen molar-refractivity contribution in [2.24, 2.45) is 0 Å². The molecule has 7 heteroatoms. The molecule has 0 bridgehead atoms. The van der Waals surface area contributed by atoms with Crippen molar-refractivity contribution in [1.82, 2.24) is 5.32 Å². The Morgan fingerprint density at radius 2 is 1.64 bits per heavy atom. The first-order valence-electron chi connectivity index (χ1n) is 10.5. The maximum absolute atomic E-state index is 12.4. The average Bonchev–Trinajstić information content (AvgIpc) is 2.79. The molecular weight excluding hydrogens is 420 g/mol. The van der Waals surface area contributed by atoms with Crippen LogP contribution in [-0.2, 0) is 16.1 Å². The van der Waals surface area contributed by atoms with Crippen LogP contribution in [0.4, 0.5) is 5.69 Å². The maximum atomic E-state index is 12.4. The summed E-state index contributed by atoms with van der Waals surface area (Å²) >= 11 is 0. The SMILES string of the molecule is CC(=O)Oc1cccc(C(=O)NCc2ccc(NC(=O)COc3cccc(C)c3C)cc2)c1. The molecule has 33 heavy (non-hydrogen) atoms. The summed E-state index contributed by atoms with van der Waals surface area (Å²) in [5, 5.41) is 5.61. The molecule has 0 aliphatic carbocycles. The molecule has 3 rings (SSSR count). The third kappa shape index (κ3) is 6.93. The molecule has 0 atom stereocenters. The number of hydrogen-bond donors (Lipinski definition) is 2. The van der Waals surface area contributed by atoms with Crippen LogP contribution in [0.1, 0.15) is 34.0 Å². The zero-order chi connectivity index (χ0) is 23.8. The normalized spacial score (nSPS) is 10.3. The zero-order valence-corrected chi connectivity index (χ0v) is 18.8. The number of hydrogen-bond acceptors (Lipinski definition) is 5. The molecule has 0 radical (unpaired) electrons. The van der Waals surface area contributed by atoms with E-state index in [1.807, 2.05) is 44.2 Å². The number of benzene rings is 3. The van der Waals surface area contributed by atoms with Gasteiger partial charge in [0.25, 0.3) is 11.8 Å². The minimum absolute atomic E-state index is 0.0888. The first-order valence-corrected chi connectivity index (χ1v) is 10.5. The summed E-state index contributed by atoms with van der Waals surface area (Å²) in [5.41, 5.74) is 4.00. The van der Waals surface area contributed by atoms with Gasteiger partial charge in [0.15, 0.2) is 6.61 Å². The van der Waals surface area contributed by atoms with Crippen LogP contribution in [0.15, 0.2) is 66.7 Å². The van der Waals surface area contributed by atoms with Crippen molar-refractivity contribution in [2.45, 2.75) is 27.3 Å². The highest BCUT2D eigenvalue weighted by atomic mass is 16.5. The molecule has 0 saturated heterocycles. The van der Waals surface area contributed by atoms with Gasteiger partial charge in [0, 0.05) is 24.7 Å². The highest BCUT2D eigenvalue weighted by Crippen LogP contribution is 2.20. The lowest BCUT2D eigenvalue weighted by atomic mass is 10.1. The van der Waals surface area contributed by atoms with Crippen LogP contribution in [0.3, 0.4) is 0 Å². The average molecular weight is 447 g/mol. The molecule has 170 valence electrons. The van der Waals surface area contributed by atoms with E-state index in [0.717, 1.165) is 16.7 Å². The molecule has 2 N–H and O–H groups in total. The number of carbonyl (C=O) groups excluding carboxylic acids is 3. The van der Waals surface area contributed by atoms with E-state index in [0.29, 0.717) is 29.3 Å². The van der Waals surface area contributed by atoms with Gasteiger partial charge >= 0.3 is 5.97 Å². The van der Waals surface area contributed by atoms with E-state index >= 15 is 0 Å². The zero-order valence-electron chi connectivity index (χ0n) is 18.8.